The summed E-state index contributed by atoms with van der Waals surface area (Å²) in [7, 11) is 11.6. The summed E-state index contributed by atoms with van der Waals surface area (Å²) in [5.41, 5.74) is 6.68. The van der Waals surface area contributed by atoms with E-state index < -0.39 is 17.8 Å². The Balaban J connectivity index is 1.50. The van der Waals surface area contributed by atoms with Crippen LogP contribution in [0.2, 0.25) is 0 Å². The van der Waals surface area contributed by atoms with Crippen LogP contribution in [0.4, 0.5) is 22.7 Å². The summed E-state index contributed by atoms with van der Waals surface area (Å²) < 4.78 is 14.4. The lowest BCUT2D eigenvalue weighted by molar-refractivity contribution is -0.394. The molecule has 47 heavy (non-hydrogen) atoms. The molecule has 2 amide bonds. The minimum absolute atomic E-state index is 0.0605. The van der Waals surface area contributed by atoms with Gasteiger partial charge < -0.3 is 29.0 Å². The molecule has 3 aromatic carbocycles. The molecule has 0 N–H and O–H groups in total. The van der Waals surface area contributed by atoms with E-state index in [1.54, 1.807) is 11.7 Å². The van der Waals surface area contributed by atoms with Gasteiger partial charge in [0.1, 0.15) is 13.8 Å². The Hall–Kier alpha value is -5.19. The molecule has 5 rings (SSSR count). The summed E-state index contributed by atoms with van der Waals surface area (Å²) in [5.74, 6) is 1.59. The van der Waals surface area contributed by atoms with Gasteiger partial charge in [0, 0.05) is 78.0 Å². The Morgan fingerprint density at radius 3 is 2.19 bits per heavy atom. The first-order valence-electron chi connectivity index (χ1n) is 15.7. The predicted octanol–water partition coefficient (Wildman–Crippen LogP) is 5.14. The Kier molecular flexibility index (Phi) is 9.64. The highest BCUT2D eigenvalue weighted by Gasteiger charge is 2.33. The monoisotopic (exact) mass is 641 g/mol. The van der Waals surface area contributed by atoms with E-state index in [-0.39, 0.29) is 19.3 Å². The molecule has 2 heterocycles. The molecule has 0 aromatic heterocycles. The number of ether oxygens (including phenoxy) is 2. The molecule has 0 unspecified atom stereocenters. The fourth-order valence-electron chi connectivity index (χ4n) is 5.88. The molecule has 11 nitrogen and oxygen atoms in total. The number of imide groups is 1. The Morgan fingerprint density at radius 1 is 0.936 bits per heavy atom. The zero-order valence-corrected chi connectivity index (χ0v) is 28.3. The summed E-state index contributed by atoms with van der Waals surface area (Å²) in [4.78, 5) is 47.5. The number of amides is 2. The number of fused-ring (bicyclic) bond motifs is 2. The van der Waals surface area contributed by atoms with Crippen LogP contribution in [0.3, 0.4) is 0 Å². The first kappa shape index (κ1) is 33.2. The minimum Gasteiger partial charge on any atom is -0.521 e. The topological polar surface area (TPSA) is 94.9 Å². The van der Waals surface area contributed by atoms with E-state index in [4.69, 9.17) is 14.3 Å². The Labute approximate surface area is 276 Å². The maximum absolute atomic E-state index is 12.5. The molecule has 0 radical (unpaired) electrons. The second-order valence-corrected chi connectivity index (χ2v) is 12.1. The van der Waals surface area contributed by atoms with Gasteiger partial charge >= 0.3 is 5.97 Å². The number of hydrogen-bond acceptors (Lipinski definition) is 9. The normalized spacial score (nSPS) is 13.5. The first-order valence-corrected chi connectivity index (χ1v) is 15.7. The quantitative estimate of drug-likeness (QED) is 0.0902. The summed E-state index contributed by atoms with van der Waals surface area (Å²) >= 11 is 0. The molecule has 0 bridgehead atoms. The summed E-state index contributed by atoms with van der Waals surface area (Å²) in [6.45, 7) is 7.32. The second-order valence-electron chi connectivity index (χ2n) is 12.1. The molecule has 2 aliphatic heterocycles. The van der Waals surface area contributed by atoms with Gasteiger partial charge in [-0.25, -0.2) is 9.37 Å². The maximum atomic E-state index is 12.5. The van der Waals surface area contributed by atoms with Gasteiger partial charge in [-0.1, -0.05) is 30.2 Å². The van der Waals surface area contributed by atoms with Gasteiger partial charge in [-0.15, -0.1) is 5.06 Å². The highest BCUT2D eigenvalue weighted by Crippen LogP contribution is 2.52. The maximum Gasteiger partial charge on any atom is 0.333 e. The van der Waals surface area contributed by atoms with Gasteiger partial charge in [0.05, 0.1) is 30.0 Å². The van der Waals surface area contributed by atoms with Crippen molar-refractivity contribution < 1.29 is 33.3 Å². The molecule has 0 aliphatic carbocycles. The largest absolute Gasteiger partial charge is 0.521 e. The number of methoxy groups -OCH3 is 1. The van der Waals surface area contributed by atoms with Crippen LogP contribution in [0.1, 0.15) is 49.3 Å². The zero-order chi connectivity index (χ0) is 34.0. The average molecular weight is 642 g/mol. The molecular formula is C36H43N5O6. The van der Waals surface area contributed by atoms with Crippen molar-refractivity contribution >= 4 is 47.3 Å². The molecule has 2 aliphatic rings. The third-order valence-corrected chi connectivity index (χ3v) is 8.42. The molecule has 248 valence electrons. The highest BCUT2D eigenvalue weighted by molar-refractivity contribution is 6.01. The van der Waals surface area contributed by atoms with Crippen LogP contribution in [0.25, 0.3) is 0 Å². The van der Waals surface area contributed by atoms with Crippen LogP contribution in [0.5, 0.6) is 17.2 Å². The van der Waals surface area contributed by atoms with Crippen LogP contribution in [-0.2, 0) is 19.2 Å². The van der Waals surface area contributed by atoms with Crippen LogP contribution < -0.4 is 24.2 Å². The van der Waals surface area contributed by atoms with Crippen molar-refractivity contribution in [3.05, 3.63) is 71.1 Å². The van der Waals surface area contributed by atoms with Crippen LogP contribution in [-0.4, -0.2) is 89.6 Å². The van der Waals surface area contributed by atoms with Crippen molar-refractivity contribution in [1.82, 2.24) is 5.06 Å². The van der Waals surface area contributed by atoms with Gasteiger partial charge in [0.15, 0.2) is 5.69 Å². The fraction of sp³-hybridized carbons (Fsp3) is 0.361. The number of rotatable bonds is 12. The number of benzene rings is 3. The van der Waals surface area contributed by atoms with Crippen molar-refractivity contribution in [2.45, 2.75) is 32.6 Å². The lowest BCUT2D eigenvalue weighted by atomic mass is 9.81. The van der Waals surface area contributed by atoms with E-state index in [2.05, 4.69) is 47.7 Å². The van der Waals surface area contributed by atoms with E-state index in [0.29, 0.717) is 30.3 Å². The first-order chi connectivity index (χ1) is 22.4. The molecule has 3 aromatic rings. The van der Waals surface area contributed by atoms with Crippen molar-refractivity contribution in [1.29, 1.82) is 0 Å². The lowest BCUT2D eigenvalue weighted by Gasteiger charge is -2.37. The standard InChI is InChI=1S/C36H43N5O6/c1-9-40(18-10-11-35(44)47-41-33(42)16-17-34(41)43)29-22-30(45-8)27(21-28(29)39(6)7)36-25-14-12-23(37(2)3)19-31(25)46-32-20-24(38(4)5)13-15-26(32)36/h12-15,19-22H,2,9-11,16-18H2,1,3-8H3. The molecule has 0 spiro atoms. The molecule has 1 fully saturated rings. The molecule has 0 saturated carbocycles. The third-order valence-electron chi connectivity index (χ3n) is 8.42. The van der Waals surface area contributed by atoms with Crippen molar-refractivity contribution in [3.8, 4) is 17.2 Å². The van der Waals surface area contributed by atoms with Crippen LogP contribution in [0, 0.1) is 5.92 Å². The number of carbonyl (C=O) groups excluding carboxylic acids is 3. The number of anilines is 3. The summed E-state index contributed by atoms with van der Waals surface area (Å²) in [6.07, 6.45) is 0.656. The van der Waals surface area contributed by atoms with Crippen molar-refractivity contribution in [2.75, 3.05) is 70.1 Å². The van der Waals surface area contributed by atoms with Gasteiger partial charge in [-0.05, 0) is 48.2 Å². The van der Waals surface area contributed by atoms with Crippen LogP contribution >= 0.6 is 0 Å². The molecular weight excluding hydrogens is 598 g/mol. The third kappa shape index (κ3) is 6.70. The number of hydroxylamine groups is 2. The molecule has 1 saturated heterocycles. The average Bonchev–Trinajstić information content (AvgIpc) is 3.36. The lowest BCUT2D eigenvalue weighted by Crippen LogP contribution is -2.32. The SMILES string of the molecule is C=[N+](C)c1ccc2c(c1)Oc1cc(N(C)C)ccc1[C-]2c1cc(N(C)C)c(N(CC)CCCC(=O)ON2C(=O)CCC2=O)cc1OC. The number of hydrogen-bond donors (Lipinski definition) is 0. The van der Waals surface area contributed by atoms with E-state index >= 15 is 0 Å². The minimum atomic E-state index is -0.607. The Morgan fingerprint density at radius 2 is 1.60 bits per heavy atom. The second kappa shape index (κ2) is 13.7. The number of carbonyl (C=O) groups is 3. The summed E-state index contributed by atoms with van der Waals surface area (Å²) in [5, 5.41) is 0.595. The zero-order valence-electron chi connectivity index (χ0n) is 28.3. The van der Waals surface area contributed by atoms with E-state index in [1.165, 1.54) is 0 Å². The van der Waals surface area contributed by atoms with Gasteiger partial charge in [-0.3, -0.25) is 9.59 Å². The molecule has 11 heteroatoms. The number of nitrogens with zero attached hydrogens (tertiary/aromatic N) is 5. The van der Waals surface area contributed by atoms with E-state index in [9.17, 15) is 14.4 Å². The van der Waals surface area contributed by atoms with Crippen molar-refractivity contribution in [3.63, 3.8) is 0 Å². The van der Waals surface area contributed by atoms with Gasteiger partial charge in [0.25, 0.3) is 11.8 Å². The molecule has 0 atom stereocenters. The van der Waals surface area contributed by atoms with Crippen LogP contribution in [0.15, 0.2) is 48.5 Å². The van der Waals surface area contributed by atoms with E-state index in [0.717, 1.165) is 56.9 Å². The van der Waals surface area contributed by atoms with E-state index in [1.807, 2.05) is 64.4 Å². The fourth-order valence-corrected chi connectivity index (χ4v) is 5.88. The van der Waals surface area contributed by atoms with Gasteiger partial charge in [-0.2, -0.15) is 0 Å². The summed E-state index contributed by atoms with van der Waals surface area (Å²) in [6, 6.07) is 16.5. The predicted molar refractivity (Wildman–Crippen MR) is 182 cm³/mol. The Bertz CT molecular complexity index is 1700. The van der Waals surface area contributed by atoms with Gasteiger partial charge in [0.2, 0.25) is 0 Å². The highest BCUT2D eigenvalue weighted by atomic mass is 16.7. The smallest absolute Gasteiger partial charge is 0.333 e. The van der Waals surface area contributed by atoms with Crippen molar-refractivity contribution in [2.24, 2.45) is 0 Å².